The minimum Gasteiger partial charge on any atom is -0.466 e. The number of nitrogens with one attached hydrogen (secondary N) is 1. The van der Waals surface area contributed by atoms with Crippen molar-refractivity contribution >= 4 is 21.4 Å². The fourth-order valence-electron chi connectivity index (χ4n) is 2.47. The fourth-order valence-corrected chi connectivity index (χ4v) is 4.35. The number of hydrogen-bond donors (Lipinski definition) is 2. The molecule has 2 N–H and O–H groups in total. The van der Waals surface area contributed by atoms with Crippen LogP contribution in [0.15, 0.2) is 57.8 Å². The third-order valence-electron chi connectivity index (χ3n) is 3.83. The standard InChI is InChI=1S/C17H15F2NO4S2/c18-14-3-4-15(19)12(8-14)10-26(22,23)20-11-17(21,13-5-7-25-9-13)16-2-1-6-24-16/h1-9,20-21H,10-11H2/t17-/m0/s1. The first-order valence-electron chi connectivity index (χ1n) is 7.50. The summed E-state index contributed by atoms with van der Waals surface area (Å²) in [5, 5.41) is 14.4. The minimum atomic E-state index is -4.04. The first kappa shape index (κ1) is 18.7. The summed E-state index contributed by atoms with van der Waals surface area (Å²) >= 11 is 1.33. The molecule has 0 unspecified atom stereocenters. The molecule has 26 heavy (non-hydrogen) atoms. The predicted molar refractivity (Wildman–Crippen MR) is 93.0 cm³/mol. The van der Waals surface area contributed by atoms with Crippen LogP contribution >= 0.6 is 11.3 Å². The van der Waals surface area contributed by atoms with E-state index in [1.807, 2.05) is 0 Å². The summed E-state index contributed by atoms with van der Waals surface area (Å²) in [6.07, 6.45) is 1.36. The van der Waals surface area contributed by atoms with Gasteiger partial charge in [0.05, 0.1) is 18.6 Å². The van der Waals surface area contributed by atoms with E-state index in [-0.39, 0.29) is 11.3 Å². The van der Waals surface area contributed by atoms with Crippen molar-refractivity contribution < 1.29 is 26.7 Å². The van der Waals surface area contributed by atoms with Crippen LogP contribution in [0.25, 0.3) is 0 Å². The third kappa shape index (κ3) is 4.01. The molecule has 2 heterocycles. The molecular weight excluding hydrogens is 384 g/mol. The van der Waals surface area contributed by atoms with E-state index in [2.05, 4.69) is 4.72 Å². The topological polar surface area (TPSA) is 79.5 Å². The summed E-state index contributed by atoms with van der Waals surface area (Å²) in [6.45, 7) is -0.420. The molecule has 5 nitrogen and oxygen atoms in total. The second-order valence-electron chi connectivity index (χ2n) is 5.67. The van der Waals surface area contributed by atoms with Gasteiger partial charge in [-0.15, -0.1) is 0 Å². The van der Waals surface area contributed by atoms with Gasteiger partial charge in [0.15, 0.2) is 5.60 Å². The van der Waals surface area contributed by atoms with Crippen LogP contribution in [0.5, 0.6) is 0 Å². The molecule has 0 fully saturated rings. The van der Waals surface area contributed by atoms with E-state index in [9.17, 15) is 22.3 Å². The first-order valence-corrected chi connectivity index (χ1v) is 10.1. The second-order valence-corrected chi connectivity index (χ2v) is 8.25. The van der Waals surface area contributed by atoms with Crippen molar-refractivity contribution in [2.45, 2.75) is 11.4 Å². The molecule has 2 aromatic heterocycles. The molecule has 0 aliphatic carbocycles. The summed E-state index contributed by atoms with van der Waals surface area (Å²) in [6, 6.07) is 7.34. The van der Waals surface area contributed by atoms with Gasteiger partial charge in [0.2, 0.25) is 10.0 Å². The van der Waals surface area contributed by atoms with Crippen LogP contribution in [0.4, 0.5) is 8.78 Å². The van der Waals surface area contributed by atoms with Crippen LogP contribution in [0.2, 0.25) is 0 Å². The lowest BCUT2D eigenvalue weighted by Gasteiger charge is -2.25. The van der Waals surface area contributed by atoms with E-state index in [0.29, 0.717) is 5.56 Å². The van der Waals surface area contributed by atoms with Crippen molar-refractivity contribution in [2.75, 3.05) is 6.54 Å². The lowest BCUT2D eigenvalue weighted by molar-refractivity contribution is 0.0623. The highest BCUT2D eigenvalue weighted by Crippen LogP contribution is 2.31. The molecule has 0 saturated heterocycles. The molecule has 0 radical (unpaired) electrons. The molecule has 138 valence electrons. The molecule has 3 aromatic rings. The lowest BCUT2D eigenvalue weighted by atomic mass is 9.94. The van der Waals surface area contributed by atoms with Gasteiger partial charge in [-0.2, -0.15) is 11.3 Å². The Balaban J connectivity index is 1.82. The highest BCUT2D eigenvalue weighted by atomic mass is 32.2. The molecule has 1 atom stereocenters. The van der Waals surface area contributed by atoms with Crippen LogP contribution in [0, 0.1) is 11.6 Å². The van der Waals surface area contributed by atoms with Gasteiger partial charge in [-0.05, 0) is 47.2 Å². The average molecular weight is 399 g/mol. The van der Waals surface area contributed by atoms with Gasteiger partial charge in [0.1, 0.15) is 17.4 Å². The number of sulfonamides is 1. The summed E-state index contributed by atoms with van der Waals surface area (Å²) < 4.78 is 59.1. The van der Waals surface area contributed by atoms with E-state index in [4.69, 9.17) is 4.42 Å². The number of hydrogen-bond acceptors (Lipinski definition) is 5. The molecular formula is C17H15F2NO4S2. The number of halogens is 2. The van der Waals surface area contributed by atoms with E-state index in [0.717, 1.165) is 18.2 Å². The second kappa shape index (κ2) is 7.28. The lowest BCUT2D eigenvalue weighted by Crippen LogP contribution is -2.41. The summed E-state index contributed by atoms with van der Waals surface area (Å²) in [4.78, 5) is 0. The maximum Gasteiger partial charge on any atom is 0.216 e. The van der Waals surface area contributed by atoms with Gasteiger partial charge in [0, 0.05) is 11.1 Å². The zero-order chi connectivity index (χ0) is 18.8. The maximum absolute atomic E-state index is 13.7. The molecule has 0 saturated carbocycles. The van der Waals surface area contributed by atoms with E-state index >= 15 is 0 Å². The minimum absolute atomic E-state index is 0.163. The Morgan fingerprint density at radius 1 is 1.23 bits per heavy atom. The normalized spacial score (nSPS) is 14.3. The molecule has 0 spiro atoms. The number of thiophene rings is 1. The Morgan fingerprint density at radius 2 is 2.04 bits per heavy atom. The predicted octanol–water partition coefficient (Wildman–Crippen LogP) is 2.97. The van der Waals surface area contributed by atoms with Gasteiger partial charge in [0.25, 0.3) is 0 Å². The Hall–Kier alpha value is -2.07. The molecule has 0 amide bonds. The molecule has 3 rings (SSSR count). The maximum atomic E-state index is 13.7. The smallest absolute Gasteiger partial charge is 0.216 e. The van der Waals surface area contributed by atoms with Crippen molar-refractivity contribution in [1.82, 2.24) is 4.72 Å². The number of rotatable bonds is 7. The van der Waals surface area contributed by atoms with Gasteiger partial charge >= 0.3 is 0 Å². The van der Waals surface area contributed by atoms with Crippen molar-refractivity contribution in [3.05, 3.63) is 81.9 Å². The van der Waals surface area contributed by atoms with Crippen molar-refractivity contribution in [2.24, 2.45) is 0 Å². The zero-order valence-electron chi connectivity index (χ0n) is 13.4. The Bertz CT molecular complexity index is 936. The van der Waals surface area contributed by atoms with E-state index < -0.39 is 39.6 Å². The number of aliphatic hydroxyl groups is 1. The van der Waals surface area contributed by atoms with Gasteiger partial charge in [-0.1, -0.05) is 0 Å². The largest absolute Gasteiger partial charge is 0.466 e. The zero-order valence-corrected chi connectivity index (χ0v) is 15.0. The molecule has 9 heteroatoms. The van der Waals surface area contributed by atoms with Crippen LogP contribution < -0.4 is 4.72 Å². The summed E-state index contributed by atoms with van der Waals surface area (Å²) in [7, 11) is -4.04. The number of furan rings is 1. The Kier molecular flexibility index (Phi) is 5.24. The van der Waals surface area contributed by atoms with Crippen LogP contribution in [-0.4, -0.2) is 20.1 Å². The van der Waals surface area contributed by atoms with E-state index in [1.165, 1.54) is 23.7 Å². The van der Waals surface area contributed by atoms with Crippen LogP contribution in [-0.2, 0) is 21.4 Å². The quantitative estimate of drug-likeness (QED) is 0.640. The monoisotopic (exact) mass is 399 g/mol. The highest BCUT2D eigenvalue weighted by molar-refractivity contribution is 7.88. The van der Waals surface area contributed by atoms with Gasteiger partial charge in [-0.25, -0.2) is 21.9 Å². The Morgan fingerprint density at radius 3 is 2.69 bits per heavy atom. The molecule has 0 bridgehead atoms. The fraction of sp³-hybridized carbons (Fsp3) is 0.176. The van der Waals surface area contributed by atoms with Gasteiger partial charge < -0.3 is 9.52 Å². The first-order chi connectivity index (χ1) is 12.3. The highest BCUT2D eigenvalue weighted by Gasteiger charge is 2.36. The molecule has 0 aliphatic rings. The van der Waals surface area contributed by atoms with Crippen molar-refractivity contribution in [1.29, 1.82) is 0 Å². The number of benzene rings is 1. The van der Waals surface area contributed by atoms with Crippen molar-refractivity contribution in [3.63, 3.8) is 0 Å². The molecule has 1 aromatic carbocycles. The average Bonchev–Trinajstić information content (AvgIpc) is 3.29. The third-order valence-corrected chi connectivity index (χ3v) is 5.79. The SMILES string of the molecule is O=S(=O)(Cc1cc(F)ccc1F)NC[C@](O)(c1ccsc1)c1ccco1. The van der Waals surface area contributed by atoms with Crippen molar-refractivity contribution in [3.8, 4) is 0 Å². The summed E-state index contributed by atoms with van der Waals surface area (Å²) in [5.74, 6) is -2.15. The van der Waals surface area contributed by atoms with Crippen LogP contribution in [0.1, 0.15) is 16.9 Å². The van der Waals surface area contributed by atoms with E-state index in [1.54, 1.807) is 22.9 Å². The molecule has 0 aliphatic heterocycles. The van der Waals surface area contributed by atoms with Gasteiger partial charge in [-0.3, -0.25) is 0 Å². The van der Waals surface area contributed by atoms with Crippen LogP contribution in [0.3, 0.4) is 0 Å². The Labute approximate surface area is 153 Å². The summed E-state index contributed by atoms with van der Waals surface area (Å²) in [5.41, 5.74) is -1.57.